The number of pyridine rings is 1. The third-order valence-corrected chi connectivity index (χ3v) is 5.42. The highest BCUT2D eigenvalue weighted by Gasteiger charge is 2.42. The second-order valence-corrected chi connectivity index (χ2v) is 7.40. The maximum atomic E-state index is 12.6. The summed E-state index contributed by atoms with van der Waals surface area (Å²) in [6, 6.07) is 10.6. The summed E-state index contributed by atoms with van der Waals surface area (Å²) in [6.45, 7) is 5.65. The molecule has 0 spiro atoms. The number of H-pyrrole nitrogens is 1. The number of alkyl carbamates (subject to hydrolysis) is 1. The quantitative estimate of drug-likeness (QED) is 0.808. The predicted molar refractivity (Wildman–Crippen MR) is 111 cm³/mol. The Labute approximate surface area is 170 Å². The first-order chi connectivity index (χ1) is 13.9. The second-order valence-electron chi connectivity index (χ2n) is 7.40. The summed E-state index contributed by atoms with van der Waals surface area (Å²) in [4.78, 5) is 41.7. The largest absolute Gasteiger partial charge is 0.445 e. The molecule has 7 nitrogen and oxygen atoms in total. The molecule has 2 aromatic rings. The Morgan fingerprint density at radius 2 is 1.93 bits per heavy atom. The van der Waals surface area contributed by atoms with E-state index < -0.39 is 12.1 Å². The van der Waals surface area contributed by atoms with Crippen molar-refractivity contribution >= 4 is 17.7 Å². The molecule has 0 bridgehead atoms. The SMILES string of the molecule is CCCC1[C@H](C)C(NC(=O)OCc2ccccc2)c2cc[nH]c(=O)c2N1C(C)=O. The number of carbonyl (C=O) groups excluding carboxylic acids is 2. The van der Waals surface area contributed by atoms with Crippen molar-refractivity contribution in [2.45, 2.75) is 52.3 Å². The molecule has 2 N–H and O–H groups in total. The lowest BCUT2D eigenvalue weighted by molar-refractivity contribution is -0.117. The van der Waals surface area contributed by atoms with Crippen LogP contribution in [0.5, 0.6) is 0 Å². The first kappa shape index (κ1) is 20.6. The highest BCUT2D eigenvalue weighted by molar-refractivity contribution is 5.93. The lowest BCUT2D eigenvalue weighted by Gasteiger charge is -2.44. The van der Waals surface area contributed by atoms with E-state index in [0.717, 1.165) is 18.4 Å². The summed E-state index contributed by atoms with van der Waals surface area (Å²) in [5, 5.41) is 2.92. The predicted octanol–water partition coefficient (Wildman–Crippen LogP) is 3.51. The maximum Gasteiger partial charge on any atom is 0.407 e. The third kappa shape index (κ3) is 4.34. The summed E-state index contributed by atoms with van der Waals surface area (Å²) >= 11 is 0. The van der Waals surface area contributed by atoms with Gasteiger partial charge in [-0.25, -0.2) is 4.79 Å². The van der Waals surface area contributed by atoms with Crippen LogP contribution in [0.4, 0.5) is 10.5 Å². The van der Waals surface area contributed by atoms with E-state index in [1.165, 1.54) is 13.1 Å². The van der Waals surface area contributed by atoms with Crippen LogP contribution >= 0.6 is 0 Å². The first-order valence-corrected chi connectivity index (χ1v) is 9.92. The molecule has 0 saturated heterocycles. The third-order valence-electron chi connectivity index (χ3n) is 5.42. The van der Waals surface area contributed by atoms with Crippen molar-refractivity contribution in [2.75, 3.05) is 4.90 Å². The number of aromatic amines is 1. The summed E-state index contributed by atoms with van der Waals surface area (Å²) in [5.74, 6) is -0.268. The van der Waals surface area contributed by atoms with Crippen molar-refractivity contribution in [1.29, 1.82) is 0 Å². The van der Waals surface area contributed by atoms with Gasteiger partial charge < -0.3 is 19.9 Å². The minimum Gasteiger partial charge on any atom is -0.445 e. The topological polar surface area (TPSA) is 91.5 Å². The smallest absolute Gasteiger partial charge is 0.407 e. The van der Waals surface area contributed by atoms with Gasteiger partial charge >= 0.3 is 6.09 Å². The summed E-state index contributed by atoms with van der Waals surface area (Å²) < 4.78 is 5.38. The molecule has 0 aliphatic carbocycles. The Morgan fingerprint density at radius 1 is 1.21 bits per heavy atom. The Balaban J connectivity index is 1.88. The fraction of sp³-hybridized carbons (Fsp3) is 0.409. The number of hydrogen-bond acceptors (Lipinski definition) is 4. The van der Waals surface area contributed by atoms with Gasteiger partial charge in [-0.3, -0.25) is 9.59 Å². The monoisotopic (exact) mass is 397 g/mol. The molecule has 0 fully saturated rings. The van der Waals surface area contributed by atoms with Gasteiger partial charge in [-0.2, -0.15) is 0 Å². The Hall–Kier alpha value is -3.09. The number of carbonyl (C=O) groups is 2. The normalized spacial score (nSPS) is 20.7. The fourth-order valence-corrected chi connectivity index (χ4v) is 4.07. The van der Waals surface area contributed by atoms with Gasteiger partial charge in [0.2, 0.25) is 5.91 Å². The number of amides is 2. The molecule has 29 heavy (non-hydrogen) atoms. The van der Waals surface area contributed by atoms with Crippen molar-refractivity contribution < 1.29 is 14.3 Å². The number of benzene rings is 1. The van der Waals surface area contributed by atoms with Crippen LogP contribution < -0.4 is 15.8 Å². The van der Waals surface area contributed by atoms with Gasteiger partial charge in [-0.05, 0) is 18.1 Å². The maximum absolute atomic E-state index is 12.6. The summed E-state index contributed by atoms with van der Waals surface area (Å²) in [6.07, 6.45) is 2.56. The highest BCUT2D eigenvalue weighted by atomic mass is 16.5. The molecule has 1 aliphatic heterocycles. The van der Waals surface area contributed by atoms with Gasteiger partial charge in [-0.15, -0.1) is 0 Å². The molecule has 0 radical (unpaired) electrons. The zero-order valence-corrected chi connectivity index (χ0v) is 17.0. The summed E-state index contributed by atoms with van der Waals surface area (Å²) in [7, 11) is 0. The average molecular weight is 397 g/mol. The van der Waals surface area contributed by atoms with Crippen LogP contribution in [0.15, 0.2) is 47.4 Å². The molecule has 1 aliphatic rings. The van der Waals surface area contributed by atoms with Crippen LogP contribution in [0.3, 0.4) is 0 Å². The average Bonchev–Trinajstić information content (AvgIpc) is 2.70. The molecular formula is C22H27N3O4. The van der Waals surface area contributed by atoms with E-state index in [2.05, 4.69) is 10.3 Å². The fourth-order valence-electron chi connectivity index (χ4n) is 4.07. The molecule has 7 heteroatoms. The van der Waals surface area contributed by atoms with E-state index in [0.29, 0.717) is 11.3 Å². The molecule has 1 aromatic carbocycles. The van der Waals surface area contributed by atoms with E-state index in [1.807, 2.05) is 44.2 Å². The van der Waals surface area contributed by atoms with E-state index in [4.69, 9.17) is 4.74 Å². The Morgan fingerprint density at radius 3 is 2.59 bits per heavy atom. The van der Waals surface area contributed by atoms with Gasteiger partial charge in [0.1, 0.15) is 12.3 Å². The number of aromatic nitrogens is 1. The second kappa shape index (κ2) is 8.94. The molecule has 154 valence electrons. The van der Waals surface area contributed by atoms with Crippen LogP contribution in [0.1, 0.15) is 50.8 Å². The molecule has 1 aromatic heterocycles. The van der Waals surface area contributed by atoms with E-state index in [1.54, 1.807) is 11.0 Å². The lowest BCUT2D eigenvalue weighted by atomic mass is 9.81. The van der Waals surface area contributed by atoms with Crippen LogP contribution in [0.25, 0.3) is 0 Å². The van der Waals surface area contributed by atoms with Crippen molar-refractivity contribution in [3.05, 3.63) is 64.1 Å². The number of hydrogen-bond donors (Lipinski definition) is 2. The van der Waals surface area contributed by atoms with Gasteiger partial charge in [0.25, 0.3) is 5.56 Å². The summed E-state index contributed by atoms with van der Waals surface area (Å²) in [5.41, 5.74) is 1.49. The van der Waals surface area contributed by atoms with Gasteiger partial charge in [-0.1, -0.05) is 50.6 Å². The molecule has 0 saturated carbocycles. The molecule has 2 amide bonds. The Kier molecular flexibility index (Phi) is 6.36. The van der Waals surface area contributed by atoms with Crippen molar-refractivity contribution in [3.8, 4) is 0 Å². The number of nitrogens with one attached hydrogen (secondary N) is 2. The lowest BCUT2D eigenvalue weighted by Crippen LogP contribution is -2.54. The standard InChI is InChI=1S/C22H27N3O4/c1-4-8-18-14(2)19(24-22(28)29-13-16-9-6-5-7-10-16)17-11-12-23-21(27)20(17)25(18)15(3)26/h5-7,9-12,14,18-19H,4,8,13H2,1-3H3,(H,23,27)(H,24,28)/t14-,18?,19?/m0/s1. The number of fused-ring (bicyclic) bond motifs is 1. The van der Waals surface area contributed by atoms with Crippen molar-refractivity contribution in [1.82, 2.24) is 10.3 Å². The van der Waals surface area contributed by atoms with Crippen LogP contribution in [-0.2, 0) is 16.1 Å². The van der Waals surface area contributed by atoms with Crippen LogP contribution in [0.2, 0.25) is 0 Å². The zero-order valence-electron chi connectivity index (χ0n) is 17.0. The highest BCUT2D eigenvalue weighted by Crippen LogP contribution is 2.40. The minimum absolute atomic E-state index is 0.0857. The van der Waals surface area contributed by atoms with Crippen molar-refractivity contribution in [3.63, 3.8) is 0 Å². The Bertz CT molecular complexity index is 925. The van der Waals surface area contributed by atoms with E-state index >= 15 is 0 Å². The van der Waals surface area contributed by atoms with E-state index in [9.17, 15) is 14.4 Å². The minimum atomic E-state index is -0.552. The van der Waals surface area contributed by atoms with Crippen molar-refractivity contribution in [2.24, 2.45) is 5.92 Å². The first-order valence-electron chi connectivity index (χ1n) is 9.92. The molecule has 2 unspecified atom stereocenters. The van der Waals surface area contributed by atoms with Crippen LogP contribution in [-0.4, -0.2) is 23.0 Å². The van der Waals surface area contributed by atoms with Crippen LogP contribution in [0, 0.1) is 5.92 Å². The molecule has 3 atom stereocenters. The van der Waals surface area contributed by atoms with Gasteiger partial charge in [0, 0.05) is 30.6 Å². The number of anilines is 1. The number of nitrogens with zero attached hydrogens (tertiary/aromatic N) is 1. The number of ether oxygens (including phenoxy) is 1. The molecule has 3 rings (SSSR count). The van der Waals surface area contributed by atoms with Gasteiger partial charge in [0.15, 0.2) is 0 Å². The molecule has 2 heterocycles. The molecular weight excluding hydrogens is 370 g/mol. The zero-order chi connectivity index (χ0) is 21.0. The van der Waals surface area contributed by atoms with E-state index in [-0.39, 0.29) is 30.0 Å². The van der Waals surface area contributed by atoms with Gasteiger partial charge in [0.05, 0.1) is 6.04 Å². The number of rotatable bonds is 5.